The highest BCUT2D eigenvalue weighted by Crippen LogP contribution is 2.21. The normalized spacial score (nSPS) is 17.9. The van der Waals surface area contributed by atoms with E-state index >= 15 is 0 Å². The van der Waals surface area contributed by atoms with E-state index in [0.717, 1.165) is 42.4 Å². The summed E-state index contributed by atoms with van der Waals surface area (Å²) in [6.07, 6.45) is 11.9. The van der Waals surface area contributed by atoms with Gasteiger partial charge in [-0.2, -0.15) is 0 Å². The number of aliphatic hydroxyl groups is 1. The first-order valence-electron chi connectivity index (χ1n) is 16.2. The predicted molar refractivity (Wildman–Crippen MR) is 185 cm³/mol. The van der Waals surface area contributed by atoms with Crippen LogP contribution in [0.3, 0.4) is 0 Å². The molecule has 12 heteroatoms. The summed E-state index contributed by atoms with van der Waals surface area (Å²) >= 11 is 0. The van der Waals surface area contributed by atoms with Crippen molar-refractivity contribution < 1.29 is 33.7 Å². The molecule has 1 aliphatic carbocycles. The van der Waals surface area contributed by atoms with Crippen molar-refractivity contribution >= 4 is 18.4 Å². The lowest BCUT2D eigenvalue weighted by Crippen LogP contribution is -2.58. The maximum Gasteiger partial charge on any atom is 0.407 e. The van der Waals surface area contributed by atoms with Gasteiger partial charge in [-0.3, -0.25) is 20.0 Å². The van der Waals surface area contributed by atoms with Crippen LogP contribution in [0.2, 0.25) is 0 Å². The first kappa shape index (κ1) is 40.1. The summed E-state index contributed by atoms with van der Waals surface area (Å²) in [6, 6.07) is 12.5. The number of methoxy groups -OCH3 is 2. The van der Waals surface area contributed by atoms with Crippen molar-refractivity contribution in [3.63, 3.8) is 0 Å². The van der Waals surface area contributed by atoms with Gasteiger partial charge in [-0.15, -0.1) is 0 Å². The van der Waals surface area contributed by atoms with Crippen LogP contribution in [-0.4, -0.2) is 92.3 Å². The molecule has 0 spiro atoms. The van der Waals surface area contributed by atoms with Gasteiger partial charge in [0.1, 0.15) is 6.04 Å². The van der Waals surface area contributed by atoms with Crippen LogP contribution in [0.15, 0.2) is 73.0 Å². The number of hydrazine groups is 1. The largest absolute Gasteiger partial charge is 0.453 e. The van der Waals surface area contributed by atoms with Crippen LogP contribution in [-0.2, 0) is 30.3 Å². The minimum Gasteiger partial charge on any atom is -0.453 e. The maximum absolute atomic E-state index is 13.1. The summed E-state index contributed by atoms with van der Waals surface area (Å²) in [4.78, 5) is 39.8. The lowest BCUT2D eigenvalue weighted by molar-refractivity contribution is -0.131. The summed E-state index contributed by atoms with van der Waals surface area (Å²) in [6.45, 7) is 9.68. The van der Waals surface area contributed by atoms with E-state index in [4.69, 9.17) is 9.47 Å². The Labute approximate surface area is 284 Å². The van der Waals surface area contributed by atoms with E-state index in [2.05, 4.69) is 57.0 Å². The molecule has 4 unspecified atom stereocenters. The fraction of sp³-hybridized carbons (Fsp3) is 0.500. The molecule has 1 aromatic heterocycles. The first-order chi connectivity index (χ1) is 23.0. The van der Waals surface area contributed by atoms with Crippen molar-refractivity contribution in [2.45, 2.75) is 65.3 Å². The van der Waals surface area contributed by atoms with E-state index in [1.165, 1.54) is 13.5 Å². The molecular formula is C36H53N5O7. The van der Waals surface area contributed by atoms with Crippen LogP contribution in [0.4, 0.5) is 4.79 Å². The number of aliphatic hydroxyl groups excluding tert-OH is 1. The number of benzene rings is 1. The third-order valence-electron chi connectivity index (χ3n) is 7.42. The number of carbonyl (C=O) groups is 3. The molecule has 4 rings (SSSR count). The quantitative estimate of drug-likeness (QED) is 0.194. The molecule has 0 bridgehead atoms. The molecule has 3 amide bonds. The molecule has 4 atom stereocenters. The molecule has 2 heterocycles. The second-order valence-electron chi connectivity index (χ2n) is 12.6. The van der Waals surface area contributed by atoms with Gasteiger partial charge in [0, 0.05) is 45.1 Å². The lowest BCUT2D eigenvalue weighted by atomic mass is 9.86. The average molecular weight is 668 g/mol. The zero-order valence-electron chi connectivity index (χ0n) is 29.1. The predicted octanol–water partition coefficient (Wildman–Crippen LogP) is 4.02. The maximum atomic E-state index is 13.1. The number of hydrogen-bond donors (Lipinski definition) is 4. The smallest absolute Gasteiger partial charge is 0.407 e. The van der Waals surface area contributed by atoms with Gasteiger partial charge in [0.2, 0.25) is 6.41 Å². The van der Waals surface area contributed by atoms with Gasteiger partial charge in [0.15, 0.2) is 0 Å². The molecule has 0 radical (unpaired) electrons. The standard InChI is InChI=1S/C24H33N5O5.C7H10.C5H10O2/c1-24(2,3)21(27-23(33)34-4)22(32)28-29(15-19(31)13-25-16-30)14-17-8-10-18(11-9-17)20-7-5-6-12-26-20;1-7-5-3-2-4-6-7;1-6-5-2-3-7-4-5/h5-12,16,19,21,31H,13-15H2,1-4H3,(H,25,30)(H,27,33)(H,28,32);2-5,7H,6H2,1H3;5H,2-4H2,1H3. The molecule has 2 aliphatic rings. The summed E-state index contributed by atoms with van der Waals surface area (Å²) in [7, 11) is 2.95. The molecule has 2 aromatic rings. The summed E-state index contributed by atoms with van der Waals surface area (Å²) in [5.74, 6) is 0.309. The van der Waals surface area contributed by atoms with E-state index in [1.807, 2.05) is 63.2 Å². The Kier molecular flexibility index (Phi) is 18.1. The fourth-order valence-corrected chi connectivity index (χ4v) is 4.66. The van der Waals surface area contributed by atoms with Gasteiger partial charge < -0.3 is 30.0 Å². The molecule has 4 N–H and O–H groups in total. The molecule has 264 valence electrons. The number of hydrogen-bond acceptors (Lipinski definition) is 9. The third kappa shape index (κ3) is 15.7. The number of allylic oxidation sites excluding steroid dienone is 4. The van der Waals surface area contributed by atoms with Crippen LogP contribution in [0.1, 0.15) is 46.1 Å². The number of alkyl carbamates (subject to hydrolysis) is 1. The number of nitrogens with one attached hydrogen (secondary N) is 3. The number of aromatic nitrogens is 1. The van der Waals surface area contributed by atoms with Crippen molar-refractivity contribution in [2.75, 3.05) is 40.5 Å². The van der Waals surface area contributed by atoms with E-state index in [0.29, 0.717) is 12.5 Å². The Morgan fingerprint density at radius 3 is 2.38 bits per heavy atom. The van der Waals surface area contributed by atoms with E-state index in [-0.39, 0.29) is 19.6 Å². The SMILES string of the molecule is CC1C=CC=CC1.COC(=O)NC(C(=O)NN(Cc1ccc(-c2ccccn2)cc1)CC(O)CNC=O)C(C)(C)C.COC1CCOC1. The van der Waals surface area contributed by atoms with Crippen molar-refractivity contribution in [1.29, 1.82) is 0 Å². The van der Waals surface area contributed by atoms with Gasteiger partial charge in [-0.05, 0) is 41.9 Å². The van der Waals surface area contributed by atoms with Crippen LogP contribution >= 0.6 is 0 Å². The summed E-state index contributed by atoms with van der Waals surface area (Å²) < 4.78 is 14.7. The minimum atomic E-state index is -0.931. The number of amides is 3. The zero-order chi connectivity index (χ0) is 35.4. The van der Waals surface area contributed by atoms with Gasteiger partial charge in [0.05, 0.1) is 31.6 Å². The molecule has 1 fully saturated rings. The third-order valence-corrected chi connectivity index (χ3v) is 7.42. The Morgan fingerprint density at radius 2 is 1.90 bits per heavy atom. The zero-order valence-corrected chi connectivity index (χ0v) is 29.1. The molecule has 1 aromatic carbocycles. The Hall–Kier alpha value is -4.10. The molecule has 48 heavy (non-hydrogen) atoms. The Bertz CT molecular complexity index is 1280. The highest BCUT2D eigenvalue weighted by molar-refractivity contribution is 5.86. The van der Waals surface area contributed by atoms with Gasteiger partial charge >= 0.3 is 6.09 Å². The van der Waals surface area contributed by atoms with Crippen LogP contribution in [0.25, 0.3) is 11.3 Å². The van der Waals surface area contributed by atoms with Crippen molar-refractivity contribution in [1.82, 2.24) is 26.1 Å². The van der Waals surface area contributed by atoms with Gasteiger partial charge in [-0.1, -0.05) is 82.3 Å². The van der Waals surface area contributed by atoms with Crippen molar-refractivity contribution in [3.05, 3.63) is 78.5 Å². The molecule has 12 nitrogen and oxygen atoms in total. The number of pyridine rings is 1. The van der Waals surface area contributed by atoms with Crippen molar-refractivity contribution in [2.24, 2.45) is 11.3 Å². The van der Waals surface area contributed by atoms with Gasteiger partial charge in [-0.25, -0.2) is 9.80 Å². The molecule has 1 aliphatic heterocycles. The monoisotopic (exact) mass is 667 g/mol. The number of nitrogens with zero attached hydrogens (tertiary/aromatic N) is 2. The second-order valence-corrected chi connectivity index (χ2v) is 12.6. The molecular weight excluding hydrogens is 614 g/mol. The average Bonchev–Trinajstić information content (AvgIpc) is 3.61. The van der Waals surface area contributed by atoms with Crippen LogP contribution < -0.4 is 16.1 Å². The minimum absolute atomic E-state index is 0.0254. The Balaban J connectivity index is 0.000000464. The summed E-state index contributed by atoms with van der Waals surface area (Å²) in [5.41, 5.74) is 4.86. The van der Waals surface area contributed by atoms with Crippen LogP contribution in [0, 0.1) is 11.3 Å². The van der Waals surface area contributed by atoms with Crippen molar-refractivity contribution in [3.8, 4) is 11.3 Å². The number of carbonyl (C=O) groups excluding carboxylic acids is 3. The first-order valence-corrected chi connectivity index (χ1v) is 16.2. The topological polar surface area (TPSA) is 151 Å². The van der Waals surface area contributed by atoms with E-state index < -0.39 is 29.6 Å². The molecule has 1 saturated heterocycles. The van der Waals surface area contributed by atoms with Crippen LogP contribution in [0.5, 0.6) is 0 Å². The summed E-state index contributed by atoms with van der Waals surface area (Å²) in [5, 5.41) is 16.8. The fourth-order valence-electron chi connectivity index (χ4n) is 4.66. The second kappa shape index (κ2) is 21.7. The molecule has 0 saturated carbocycles. The van der Waals surface area contributed by atoms with E-state index in [1.54, 1.807) is 18.3 Å². The number of ether oxygens (including phenoxy) is 3. The Morgan fingerprint density at radius 1 is 1.15 bits per heavy atom. The van der Waals surface area contributed by atoms with Gasteiger partial charge in [0.25, 0.3) is 5.91 Å². The highest BCUT2D eigenvalue weighted by atomic mass is 16.5. The number of rotatable bonds is 12. The highest BCUT2D eigenvalue weighted by Gasteiger charge is 2.34. The lowest BCUT2D eigenvalue weighted by Gasteiger charge is -2.33. The van der Waals surface area contributed by atoms with E-state index in [9.17, 15) is 19.5 Å².